The molecule has 4 heteroatoms. The van der Waals surface area contributed by atoms with E-state index in [9.17, 15) is 4.79 Å². The van der Waals surface area contributed by atoms with Crippen LogP contribution in [0.25, 0.3) is 0 Å². The van der Waals surface area contributed by atoms with Gasteiger partial charge in [-0.3, -0.25) is 4.79 Å². The molecule has 0 aliphatic carbocycles. The Morgan fingerprint density at radius 3 is 2.89 bits per heavy atom. The van der Waals surface area contributed by atoms with Gasteiger partial charge in [-0.15, -0.1) is 0 Å². The second-order valence-corrected chi connectivity index (χ2v) is 5.00. The second kappa shape index (κ2) is 9.34. The van der Waals surface area contributed by atoms with Gasteiger partial charge in [0.2, 0.25) is 0 Å². The molecule has 1 heterocycles. The normalized spacial score (nSPS) is 23.9. The molecule has 0 amide bonds. The van der Waals surface area contributed by atoms with E-state index < -0.39 is 0 Å². The Balaban J connectivity index is 1.93. The maximum atomic E-state index is 11.1. The molecule has 0 bridgehead atoms. The van der Waals surface area contributed by atoms with Crippen molar-refractivity contribution in [2.75, 3.05) is 26.3 Å². The fourth-order valence-electron chi connectivity index (χ4n) is 2.20. The first-order valence-corrected chi connectivity index (χ1v) is 7.22. The monoisotopic (exact) mass is 257 g/mol. The summed E-state index contributed by atoms with van der Waals surface area (Å²) in [5, 5.41) is 3.36. The predicted molar refractivity (Wildman–Crippen MR) is 71.5 cm³/mol. The van der Waals surface area contributed by atoms with Gasteiger partial charge in [0.15, 0.2) is 0 Å². The number of unbranched alkanes of at least 4 members (excludes halogenated alkanes) is 2. The van der Waals surface area contributed by atoms with Crippen molar-refractivity contribution in [3.8, 4) is 0 Å². The van der Waals surface area contributed by atoms with Gasteiger partial charge >= 0.3 is 5.97 Å². The zero-order valence-corrected chi connectivity index (χ0v) is 11.7. The zero-order valence-electron chi connectivity index (χ0n) is 11.7. The first kappa shape index (κ1) is 15.4. The van der Waals surface area contributed by atoms with Gasteiger partial charge < -0.3 is 14.8 Å². The maximum Gasteiger partial charge on any atom is 0.305 e. The van der Waals surface area contributed by atoms with Crippen molar-refractivity contribution < 1.29 is 14.3 Å². The molecule has 0 saturated carbocycles. The minimum atomic E-state index is -0.0801. The Bertz CT molecular complexity index is 233. The third-order valence-corrected chi connectivity index (χ3v) is 3.42. The Kier molecular flexibility index (Phi) is 8.01. The lowest BCUT2D eigenvalue weighted by Crippen LogP contribution is -2.41. The first-order chi connectivity index (χ1) is 8.74. The van der Waals surface area contributed by atoms with E-state index >= 15 is 0 Å². The topological polar surface area (TPSA) is 47.6 Å². The minimum absolute atomic E-state index is 0.0801. The van der Waals surface area contributed by atoms with Crippen molar-refractivity contribution in [3.63, 3.8) is 0 Å². The van der Waals surface area contributed by atoms with E-state index in [0.29, 0.717) is 25.0 Å². The van der Waals surface area contributed by atoms with Crippen LogP contribution < -0.4 is 5.32 Å². The van der Waals surface area contributed by atoms with E-state index in [1.54, 1.807) is 0 Å². The standard InChI is InChI=1S/C14H27NO3/c1-3-17-14(16)7-5-4-6-10-18-13-11-15-9-8-12(13)2/h12-13,15H,3-11H2,1-2H3. The summed E-state index contributed by atoms with van der Waals surface area (Å²) < 4.78 is 10.8. The third kappa shape index (κ3) is 6.36. The number of hydrogen-bond acceptors (Lipinski definition) is 4. The van der Waals surface area contributed by atoms with Crippen molar-refractivity contribution in [3.05, 3.63) is 0 Å². The molecule has 1 aliphatic rings. The molecule has 106 valence electrons. The summed E-state index contributed by atoms with van der Waals surface area (Å²) in [6.07, 6.45) is 5.07. The maximum absolute atomic E-state index is 11.1. The number of carbonyl (C=O) groups is 1. The average molecular weight is 257 g/mol. The second-order valence-electron chi connectivity index (χ2n) is 5.00. The summed E-state index contributed by atoms with van der Waals surface area (Å²) in [5.41, 5.74) is 0. The molecular formula is C14H27NO3. The SMILES string of the molecule is CCOC(=O)CCCCCOC1CNCCC1C. The van der Waals surface area contributed by atoms with E-state index in [1.807, 2.05) is 6.92 Å². The van der Waals surface area contributed by atoms with Crippen LogP contribution in [0.1, 0.15) is 46.0 Å². The van der Waals surface area contributed by atoms with Gasteiger partial charge in [0.05, 0.1) is 12.7 Å². The van der Waals surface area contributed by atoms with Crippen molar-refractivity contribution in [1.29, 1.82) is 0 Å². The van der Waals surface area contributed by atoms with Gasteiger partial charge in [-0.05, 0) is 38.6 Å². The predicted octanol–water partition coefficient (Wildman–Crippen LogP) is 2.12. The van der Waals surface area contributed by atoms with E-state index in [1.165, 1.54) is 6.42 Å². The summed E-state index contributed by atoms with van der Waals surface area (Å²) in [6, 6.07) is 0. The van der Waals surface area contributed by atoms with E-state index in [4.69, 9.17) is 9.47 Å². The highest BCUT2D eigenvalue weighted by Crippen LogP contribution is 2.15. The van der Waals surface area contributed by atoms with Crippen LogP contribution in [-0.4, -0.2) is 38.4 Å². The summed E-state index contributed by atoms with van der Waals surface area (Å²) in [5.74, 6) is 0.578. The number of ether oxygens (including phenoxy) is 2. The molecule has 18 heavy (non-hydrogen) atoms. The molecule has 2 atom stereocenters. The van der Waals surface area contributed by atoms with Gasteiger partial charge in [-0.2, -0.15) is 0 Å². The van der Waals surface area contributed by atoms with Crippen molar-refractivity contribution in [2.45, 2.75) is 52.1 Å². The van der Waals surface area contributed by atoms with Crippen molar-refractivity contribution in [1.82, 2.24) is 5.32 Å². The number of esters is 1. The lowest BCUT2D eigenvalue weighted by Gasteiger charge is -2.29. The van der Waals surface area contributed by atoms with Crippen LogP contribution in [-0.2, 0) is 14.3 Å². The Labute approximate surface area is 110 Å². The molecule has 4 nitrogen and oxygen atoms in total. The van der Waals surface area contributed by atoms with Gasteiger partial charge in [0.1, 0.15) is 0 Å². The van der Waals surface area contributed by atoms with Gasteiger partial charge in [-0.1, -0.05) is 13.3 Å². The number of piperidine rings is 1. The van der Waals surface area contributed by atoms with Gasteiger partial charge in [0, 0.05) is 19.6 Å². The number of hydrogen-bond donors (Lipinski definition) is 1. The number of rotatable bonds is 8. The number of nitrogens with one attached hydrogen (secondary N) is 1. The van der Waals surface area contributed by atoms with E-state index in [-0.39, 0.29) is 5.97 Å². The zero-order chi connectivity index (χ0) is 13.2. The smallest absolute Gasteiger partial charge is 0.305 e. The van der Waals surface area contributed by atoms with Gasteiger partial charge in [0.25, 0.3) is 0 Å². The van der Waals surface area contributed by atoms with Crippen LogP contribution in [0.4, 0.5) is 0 Å². The fourth-order valence-corrected chi connectivity index (χ4v) is 2.20. The molecule has 0 aromatic rings. The molecule has 1 rings (SSSR count). The highest BCUT2D eigenvalue weighted by atomic mass is 16.5. The number of carbonyl (C=O) groups excluding carboxylic acids is 1. The molecule has 1 fully saturated rings. The summed E-state index contributed by atoms with van der Waals surface area (Å²) in [7, 11) is 0. The van der Waals surface area contributed by atoms with E-state index in [2.05, 4.69) is 12.2 Å². The Hall–Kier alpha value is -0.610. The fraction of sp³-hybridized carbons (Fsp3) is 0.929. The van der Waals surface area contributed by atoms with E-state index in [0.717, 1.165) is 39.0 Å². The summed E-state index contributed by atoms with van der Waals surface area (Å²) in [6.45, 7) is 7.47. The van der Waals surface area contributed by atoms with Crippen LogP contribution in [0.15, 0.2) is 0 Å². The van der Waals surface area contributed by atoms with Crippen LogP contribution in [0.3, 0.4) is 0 Å². The van der Waals surface area contributed by atoms with Crippen LogP contribution in [0, 0.1) is 5.92 Å². The van der Waals surface area contributed by atoms with Crippen molar-refractivity contribution >= 4 is 5.97 Å². The lowest BCUT2D eigenvalue weighted by molar-refractivity contribution is -0.143. The van der Waals surface area contributed by atoms with Crippen molar-refractivity contribution in [2.24, 2.45) is 5.92 Å². The Morgan fingerprint density at radius 1 is 1.33 bits per heavy atom. The lowest BCUT2D eigenvalue weighted by atomic mass is 9.97. The molecule has 1 saturated heterocycles. The first-order valence-electron chi connectivity index (χ1n) is 7.22. The summed E-state index contributed by atoms with van der Waals surface area (Å²) in [4.78, 5) is 11.1. The largest absolute Gasteiger partial charge is 0.466 e. The molecule has 2 unspecified atom stereocenters. The molecule has 0 aromatic heterocycles. The molecule has 0 aromatic carbocycles. The van der Waals surface area contributed by atoms with Crippen LogP contribution in [0.5, 0.6) is 0 Å². The molecule has 0 radical (unpaired) electrons. The quantitative estimate of drug-likeness (QED) is 0.534. The third-order valence-electron chi connectivity index (χ3n) is 3.42. The Morgan fingerprint density at radius 2 is 2.17 bits per heavy atom. The highest BCUT2D eigenvalue weighted by Gasteiger charge is 2.20. The van der Waals surface area contributed by atoms with Crippen LogP contribution in [0.2, 0.25) is 0 Å². The molecule has 1 N–H and O–H groups in total. The average Bonchev–Trinajstić information content (AvgIpc) is 2.36. The molecular weight excluding hydrogens is 230 g/mol. The molecule has 0 spiro atoms. The minimum Gasteiger partial charge on any atom is -0.466 e. The summed E-state index contributed by atoms with van der Waals surface area (Å²) >= 11 is 0. The molecule has 1 aliphatic heterocycles. The van der Waals surface area contributed by atoms with Gasteiger partial charge in [-0.25, -0.2) is 0 Å². The van der Waals surface area contributed by atoms with Crippen LogP contribution >= 0.6 is 0 Å². The highest BCUT2D eigenvalue weighted by molar-refractivity contribution is 5.69.